The van der Waals surface area contributed by atoms with Crippen LogP contribution in [-0.4, -0.2) is 0 Å². The molecule has 2 aromatic rings. The summed E-state index contributed by atoms with van der Waals surface area (Å²) >= 11 is 0. The highest BCUT2D eigenvalue weighted by atomic mass is 14.1. The van der Waals surface area contributed by atoms with Crippen LogP contribution >= 0.6 is 0 Å². The molecule has 0 amide bonds. The summed E-state index contributed by atoms with van der Waals surface area (Å²) in [5.74, 6) is 2.73. The highest BCUT2D eigenvalue weighted by molar-refractivity contribution is 5.70. The van der Waals surface area contributed by atoms with E-state index in [1.807, 2.05) is 20.8 Å². The first-order valence-corrected chi connectivity index (χ1v) is 8.89. The maximum atomic E-state index is 5.49. The molecule has 0 saturated heterocycles. The largest absolute Gasteiger partial charge is 0.115 e. The lowest BCUT2D eigenvalue weighted by atomic mass is 9.97. The normalized spacial score (nSPS) is 10.2. The smallest absolute Gasteiger partial charge is 0.00217 e. The van der Waals surface area contributed by atoms with Gasteiger partial charge in [0.25, 0.3) is 0 Å². The van der Waals surface area contributed by atoms with Crippen LogP contribution in [0, 0.1) is 19.3 Å². The second-order valence-electron chi connectivity index (χ2n) is 5.58. The summed E-state index contributed by atoms with van der Waals surface area (Å²) in [5, 5.41) is 0. The minimum atomic E-state index is 1.01. The lowest BCUT2D eigenvalue weighted by Crippen LogP contribution is -1.93. The molecule has 0 heterocycles. The van der Waals surface area contributed by atoms with Crippen LogP contribution in [0.5, 0.6) is 0 Å². The maximum Gasteiger partial charge on any atom is 0.00217 e. The van der Waals surface area contributed by atoms with E-state index in [-0.39, 0.29) is 0 Å². The third-order valence-electron chi connectivity index (χ3n) is 3.96. The predicted molar refractivity (Wildman–Crippen MR) is 115 cm³/mol. The fourth-order valence-corrected chi connectivity index (χ4v) is 2.33. The fourth-order valence-electron chi connectivity index (χ4n) is 2.33. The Hall–Kier alpha value is -2.52. The quantitative estimate of drug-likeness (QED) is 0.416. The summed E-state index contributed by atoms with van der Waals surface area (Å²) in [7, 11) is 0. The second kappa shape index (κ2) is 12.8. The molecule has 132 valence electrons. The van der Waals surface area contributed by atoms with Gasteiger partial charge < -0.3 is 0 Å². The van der Waals surface area contributed by atoms with E-state index in [2.05, 4.69) is 81.5 Å². The summed E-state index contributed by atoms with van der Waals surface area (Å²) in [6, 6.07) is 17.5. The van der Waals surface area contributed by atoms with Gasteiger partial charge in [-0.1, -0.05) is 73.9 Å². The molecular formula is C25H32. The molecule has 0 N–H and O–H groups in total. The average Bonchev–Trinajstić information content (AvgIpc) is 2.69. The van der Waals surface area contributed by atoms with Crippen molar-refractivity contribution >= 4 is 5.57 Å². The third-order valence-corrected chi connectivity index (χ3v) is 3.96. The van der Waals surface area contributed by atoms with E-state index in [4.69, 9.17) is 6.42 Å². The van der Waals surface area contributed by atoms with Crippen molar-refractivity contribution in [2.45, 2.75) is 47.5 Å². The van der Waals surface area contributed by atoms with E-state index < -0.39 is 0 Å². The average molecular weight is 333 g/mol. The van der Waals surface area contributed by atoms with Crippen LogP contribution in [0.25, 0.3) is 5.57 Å². The number of hydrogen-bond donors (Lipinski definition) is 0. The van der Waals surface area contributed by atoms with Crippen molar-refractivity contribution in [3.63, 3.8) is 0 Å². The molecule has 0 fully saturated rings. The van der Waals surface area contributed by atoms with Crippen molar-refractivity contribution in [2.24, 2.45) is 0 Å². The number of benzene rings is 2. The van der Waals surface area contributed by atoms with Crippen molar-refractivity contribution in [1.82, 2.24) is 0 Å². The van der Waals surface area contributed by atoms with Crippen molar-refractivity contribution in [2.75, 3.05) is 0 Å². The molecule has 0 heteroatoms. The summed E-state index contributed by atoms with van der Waals surface area (Å²) in [4.78, 5) is 0. The topological polar surface area (TPSA) is 0 Å². The summed E-state index contributed by atoms with van der Waals surface area (Å²) in [6.45, 7) is 16.2. The Morgan fingerprint density at radius 3 is 2.04 bits per heavy atom. The minimum absolute atomic E-state index is 1.01. The predicted octanol–water partition coefficient (Wildman–Crippen LogP) is 7.04. The van der Waals surface area contributed by atoms with Gasteiger partial charge in [0.1, 0.15) is 0 Å². The van der Waals surface area contributed by atoms with E-state index in [0.29, 0.717) is 0 Å². The van der Waals surface area contributed by atoms with Gasteiger partial charge >= 0.3 is 0 Å². The van der Waals surface area contributed by atoms with Crippen LogP contribution in [0.2, 0.25) is 0 Å². The zero-order chi connectivity index (χ0) is 19.2. The number of allylic oxidation sites excluding steroid dienone is 2. The standard InChI is InChI=1S/C21H22.C2H6.C2H4/c1-5-17(3)18(4)21-8-6-7-20(15-21)14-13-19-11-9-16(2)10-12-19;2*1-2/h1,6-12,15H,13-14H2,2-4H3;1-2H3;1-2H2/b18-17-;;. The first-order valence-electron chi connectivity index (χ1n) is 8.89. The highest BCUT2D eigenvalue weighted by Gasteiger charge is 2.02. The molecule has 0 bridgehead atoms. The van der Waals surface area contributed by atoms with Gasteiger partial charge in [0.2, 0.25) is 0 Å². The van der Waals surface area contributed by atoms with E-state index in [0.717, 1.165) is 18.4 Å². The van der Waals surface area contributed by atoms with Gasteiger partial charge in [-0.25, -0.2) is 0 Å². The third kappa shape index (κ3) is 7.73. The Morgan fingerprint density at radius 2 is 1.48 bits per heavy atom. The Bertz CT molecular complexity index is 694. The Balaban J connectivity index is 0.00000134. The fraction of sp³-hybridized carbons (Fsp3) is 0.280. The van der Waals surface area contributed by atoms with Crippen LogP contribution in [0.15, 0.2) is 67.3 Å². The molecule has 0 radical (unpaired) electrons. The van der Waals surface area contributed by atoms with Gasteiger partial charge in [-0.2, -0.15) is 0 Å². The van der Waals surface area contributed by atoms with Crippen LogP contribution in [0.3, 0.4) is 0 Å². The molecule has 0 spiro atoms. The summed E-state index contributed by atoms with van der Waals surface area (Å²) < 4.78 is 0. The molecule has 0 aliphatic carbocycles. The molecule has 0 aromatic heterocycles. The Labute approximate surface area is 155 Å². The molecule has 2 rings (SSSR count). The van der Waals surface area contributed by atoms with E-state index in [1.54, 1.807) is 0 Å². The molecular weight excluding hydrogens is 300 g/mol. The Morgan fingerprint density at radius 1 is 0.920 bits per heavy atom. The van der Waals surface area contributed by atoms with Gasteiger partial charge in [0.05, 0.1) is 0 Å². The minimum Gasteiger partial charge on any atom is -0.115 e. The Kier molecular flexibility index (Phi) is 11.6. The molecule has 25 heavy (non-hydrogen) atoms. The summed E-state index contributed by atoms with van der Waals surface area (Å²) in [6.07, 6.45) is 7.61. The highest BCUT2D eigenvalue weighted by Crippen LogP contribution is 2.20. The second-order valence-corrected chi connectivity index (χ2v) is 5.58. The zero-order valence-electron chi connectivity index (χ0n) is 16.5. The number of aryl methyl sites for hydroxylation is 3. The molecule has 0 saturated carbocycles. The number of terminal acetylenes is 1. The lowest BCUT2D eigenvalue weighted by molar-refractivity contribution is 0.958. The van der Waals surface area contributed by atoms with Gasteiger partial charge in [0.15, 0.2) is 0 Å². The van der Waals surface area contributed by atoms with Crippen LogP contribution in [0.1, 0.15) is 49.9 Å². The monoisotopic (exact) mass is 332 g/mol. The SMILES string of the molecule is C#C/C(C)=C(/C)c1cccc(CCc2ccc(C)cc2)c1.C=C.CC. The van der Waals surface area contributed by atoms with Crippen molar-refractivity contribution in [3.8, 4) is 12.3 Å². The first kappa shape index (κ1) is 22.5. The number of hydrogen-bond acceptors (Lipinski definition) is 0. The molecule has 0 aliphatic rings. The van der Waals surface area contributed by atoms with Gasteiger partial charge in [-0.15, -0.1) is 19.6 Å². The molecule has 2 aromatic carbocycles. The van der Waals surface area contributed by atoms with Gasteiger partial charge in [0, 0.05) is 5.57 Å². The van der Waals surface area contributed by atoms with Crippen molar-refractivity contribution < 1.29 is 0 Å². The number of rotatable bonds is 4. The maximum absolute atomic E-state index is 5.49. The van der Waals surface area contributed by atoms with Gasteiger partial charge in [-0.3, -0.25) is 0 Å². The van der Waals surface area contributed by atoms with E-state index >= 15 is 0 Å². The molecule has 0 atom stereocenters. The van der Waals surface area contributed by atoms with Crippen LogP contribution < -0.4 is 0 Å². The van der Waals surface area contributed by atoms with Crippen molar-refractivity contribution in [3.05, 3.63) is 89.5 Å². The van der Waals surface area contributed by atoms with Crippen molar-refractivity contribution in [1.29, 1.82) is 0 Å². The first-order chi connectivity index (χ1) is 12.1. The summed E-state index contributed by atoms with van der Waals surface area (Å²) in [5.41, 5.74) is 7.48. The lowest BCUT2D eigenvalue weighted by Gasteiger charge is -2.07. The molecule has 0 nitrogen and oxygen atoms in total. The molecule has 0 aliphatic heterocycles. The van der Waals surface area contributed by atoms with E-state index in [1.165, 1.54) is 27.8 Å². The van der Waals surface area contributed by atoms with Gasteiger partial charge in [-0.05, 0) is 55.9 Å². The van der Waals surface area contributed by atoms with Crippen LogP contribution in [0.4, 0.5) is 0 Å². The zero-order valence-corrected chi connectivity index (χ0v) is 16.5. The molecule has 0 unspecified atom stereocenters. The van der Waals surface area contributed by atoms with Crippen LogP contribution in [-0.2, 0) is 12.8 Å². The van der Waals surface area contributed by atoms with E-state index in [9.17, 15) is 0 Å².